The van der Waals surface area contributed by atoms with Crippen molar-refractivity contribution in [2.75, 3.05) is 11.5 Å². The largest absolute Gasteiger partial charge is 0.433 e. The minimum atomic E-state index is -4.65. The lowest BCUT2D eigenvalue weighted by molar-refractivity contribution is -0.141. The Morgan fingerprint density at radius 1 is 0.579 bits per heavy atom. The number of nitrogens with zero attached hydrogens (tertiary/aromatic N) is 10. The van der Waals surface area contributed by atoms with Crippen molar-refractivity contribution < 1.29 is 13.2 Å². The van der Waals surface area contributed by atoms with Gasteiger partial charge in [-0.25, -0.2) is 24.9 Å². The van der Waals surface area contributed by atoms with Gasteiger partial charge in [-0.2, -0.15) is 22.2 Å². The van der Waals surface area contributed by atoms with Crippen molar-refractivity contribution in [2.45, 2.75) is 64.0 Å². The summed E-state index contributed by atoms with van der Waals surface area (Å²) >= 11 is 0. The lowest BCUT2D eigenvalue weighted by Crippen LogP contribution is -2.10. The molecule has 57 heavy (non-hydrogen) atoms. The van der Waals surface area contributed by atoms with E-state index in [9.17, 15) is 13.2 Å². The molecule has 2 aliphatic carbocycles. The number of anilines is 2. The van der Waals surface area contributed by atoms with Crippen LogP contribution in [0.25, 0.3) is 56.1 Å². The molecule has 6 aromatic heterocycles. The van der Waals surface area contributed by atoms with Crippen molar-refractivity contribution >= 4 is 23.2 Å². The maximum Gasteiger partial charge on any atom is 0.433 e. The van der Waals surface area contributed by atoms with E-state index in [-0.39, 0.29) is 40.9 Å². The summed E-state index contributed by atoms with van der Waals surface area (Å²) in [5.74, 6) is 1.76. The fraction of sp³-hybridized carbons (Fsp3) is 0.238. The van der Waals surface area contributed by atoms with Gasteiger partial charge >= 0.3 is 6.18 Å². The molecule has 15 heteroatoms. The Labute approximate surface area is 323 Å². The smallest absolute Gasteiger partial charge is 0.368 e. The second kappa shape index (κ2) is 12.6. The minimum Gasteiger partial charge on any atom is -0.368 e. The van der Waals surface area contributed by atoms with Gasteiger partial charge in [-0.05, 0) is 93.0 Å². The van der Waals surface area contributed by atoms with E-state index in [4.69, 9.17) is 36.5 Å². The number of hydrogen-bond donors (Lipinski definition) is 2. The molecule has 0 spiro atoms. The first-order valence-electron chi connectivity index (χ1n) is 18.7. The van der Waals surface area contributed by atoms with Crippen LogP contribution in [0.1, 0.15) is 77.0 Å². The van der Waals surface area contributed by atoms with E-state index in [2.05, 4.69) is 15.1 Å². The molecule has 2 saturated carbocycles. The SMILES string of the molecule is Cc1cc(-c2c(-c3ccccc3)nc(N)n3nc(C4CC4c4cccc(-c5nc(N)n6nc(C7CC7)nc6c5-c5cc(C)nc(C(F)(F)F)c5)c4)nc23)cc(C)n1. The molecular formula is C42H35F3N12. The van der Waals surface area contributed by atoms with E-state index >= 15 is 0 Å². The molecule has 12 nitrogen and oxygen atoms in total. The van der Waals surface area contributed by atoms with Crippen LogP contribution >= 0.6 is 0 Å². The quantitative estimate of drug-likeness (QED) is 0.161. The summed E-state index contributed by atoms with van der Waals surface area (Å²) in [4.78, 5) is 28.0. The molecule has 0 saturated heterocycles. The first-order chi connectivity index (χ1) is 27.4. The predicted octanol–water partition coefficient (Wildman–Crippen LogP) is 8.28. The van der Waals surface area contributed by atoms with Crippen LogP contribution in [-0.4, -0.2) is 49.1 Å². The zero-order valence-corrected chi connectivity index (χ0v) is 31.1. The molecule has 0 bridgehead atoms. The normalized spacial score (nSPS) is 16.8. The Morgan fingerprint density at radius 3 is 1.77 bits per heavy atom. The van der Waals surface area contributed by atoms with Gasteiger partial charge in [0.05, 0.1) is 22.5 Å². The second-order valence-corrected chi connectivity index (χ2v) is 15.0. The van der Waals surface area contributed by atoms with E-state index in [1.165, 1.54) is 11.4 Å². The van der Waals surface area contributed by atoms with Gasteiger partial charge in [0.1, 0.15) is 5.69 Å². The third-order valence-electron chi connectivity index (χ3n) is 10.7. The fourth-order valence-electron chi connectivity index (χ4n) is 7.87. The first kappa shape index (κ1) is 34.7. The monoisotopic (exact) mass is 764 g/mol. The van der Waals surface area contributed by atoms with Crippen molar-refractivity contribution in [3.8, 4) is 44.8 Å². The molecular weight excluding hydrogens is 730 g/mol. The van der Waals surface area contributed by atoms with Crippen molar-refractivity contribution in [1.29, 1.82) is 0 Å². The van der Waals surface area contributed by atoms with Crippen LogP contribution in [0, 0.1) is 20.8 Å². The van der Waals surface area contributed by atoms with Crippen LogP contribution in [0.5, 0.6) is 0 Å². The van der Waals surface area contributed by atoms with Crippen LogP contribution in [0.15, 0.2) is 78.9 Å². The van der Waals surface area contributed by atoms with E-state index in [1.54, 1.807) is 10.6 Å². The Kier molecular flexibility index (Phi) is 7.69. The molecule has 8 aromatic rings. The maximum absolute atomic E-state index is 14.1. The zero-order valence-electron chi connectivity index (χ0n) is 31.1. The number of rotatable bonds is 7. The first-order valence-corrected chi connectivity index (χ1v) is 18.7. The number of aryl methyl sites for hydroxylation is 3. The van der Waals surface area contributed by atoms with Crippen molar-refractivity contribution in [1.82, 2.24) is 49.1 Å². The number of alkyl halides is 3. The molecule has 6 heterocycles. The zero-order chi connectivity index (χ0) is 39.3. The van der Waals surface area contributed by atoms with E-state index in [0.717, 1.165) is 59.0 Å². The van der Waals surface area contributed by atoms with Gasteiger partial charge in [-0.15, -0.1) is 10.2 Å². The predicted molar refractivity (Wildman–Crippen MR) is 209 cm³/mol. The fourth-order valence-corrected chi connectivity index (χ4v) is 7.87. The summed E-state index contributed by atoms with van der Waals surface area (Å²) in [5, 5.41) is 9.53. The van der Waals surface area contributed by atoms with Crippen LogP contribution in [0.3, 0.4) is 0 Å². The molecule has 2 aromatic carbocycles. The summed E-state index contributed by atoms with van der Waals surface area (Å²) in [6, 6.07) is 24.4. The third kappa shape index (κ3) is 6.09. The van der Waals surface area contributed by atoms with Gasteiger partial charge in [0, 0.05) is 40.0 Å². The molecule has 4 N–H and O–H groups in total. The number of halogens is 3. The molecule has 0 amide bonds. The van der Waals surface area contributed by atoms with Gasteiger partial charge in [-0.3, -0.25) is 4.98 Å². The average molecular weight is 765 g/mol. The molecule has 2 aliphatic rings. The van der Waals surface area contributed by atoms with Gasteiger partial charge in [0.15, 0.2) is 22.9 Å². The maximum atomic E-state index is 14.1. The summed E-state index contributed by atoms with van der Waals surface area (Å²) < 4.78 is 45.3. The van der Waals surface area contributed by atoms with E-state index in [1.807, 2.05) is 80.6 Å². The third-order valence-corrected chi connectivity index (χ3v) is 10.7. The number of fused-ring (bicyclic) bond motifs is 2. The molecule has 2 atom stereocenters. The molecule has 10 rings (SSSR count). The summed E-state index contributed by atoms with van der Waals surface area (Å²) in [7, 11) is 0. The Balaban J connectivity index is 1.07. The highest BCUT2D eigenvalue weighted by Crippen LogP contribution is 2.54. The Hall–Kier alpha value is -6.77. The van der Waals surface area contributed by atoms with Crippen molar-refractivity contribution in [2.24, 2.45) is 0 Å². The highest BCUT2D eigenvalue weighted by atomic mass is 19.4. The van der Waals surface area contributed by atoms with Crippen LogP contribution in [0.4, 0.5) is 25.1 Å². The number of nitrogens with two attached hydrogens (primary N) is 2. The van der Waals surface area contributed by atoms with Gasteiger partial charge < -0.3 is 11.5 Å². The standard InChI is InChI=1S/C42H35F3N12/c1-20-14-27(15-21(2)48-20)32-34(23-8-5-4-6-9-23)50-40(46)57-39(32)53-37(55-57)30-19-29(30)25-10-7-11-26(17-25)35-33(28-16-22(3)49-31(18-28)42(43,44)45)38-52-36(24-12-13-24)54-56(38)41(47)51-35/h4-11,14-18,24,29-30H,12-13,19H2,1-3H3,(H2,46,50)(H2,47,51). The molecule has 2 unspecified atom stereocenters. The van der Waals surface area contributed by atoms with Crippen molar-refractivity contribution in [3.63, 3.8) is 0 Å². The second-order valence-electron chi connectivity index (χ2n) is 15.0. The van der Waals surface area contributed by atoms with Crippen LogP contribution < -0.4 is 11.5 Å². The van der Waals surface area contributed by atoms with Crippen LogP contribution in [-0.2, 0) is 6.18 Å². The average Bonchev–Trinajstić information content (AvgIpc) is 4.10. The van der Waals surface area contributed by atoms with E-state index in [0.29, 0.717) is 45.5 Å². The van der Waals surface area contributed by atoms with Gasteiger partial charge in [0.2, 0.25) is 11.9 Å². The van der Waals surface area contributed by atoms with Gasteiger partial charge in [0.25, 0.3) is 0 Å². The van der Waals surface area contributed by atoms with Gasteiger partial charge in [-0.1, -0.05) is 48.5 Å². The lowest BCUT2D eigenvalue weighted by Gasteiger charge is -2.15. The number of aromatic nitrogens is 10. The highest BCUT2D eigenvalue weighted by molar-refractivity contribution is 5.92. The minimum absolute atomic E-state index is 0.0248. The summed E-state index contributed by atoms with van der Waals surface area (Å²) in [6.45, 7) is 5.45. The Morgan fingerprint density at radius 2 is 1.14 bits per heavy atom. The number of nitrogen functional groups attached to an aromatic ring is 2. The molecule has 0 radical (unpaired) electrons. The Bertz CT molecular complexity index is 2890. The molecule has 0 aliphatic heterocycles. The number of hydrogen-bond acceptors (Lipinski definition) is 10. The molecule has 2 fully saturated rings. The topological polar surface area (TPSA) is 164 Å². The summed E-state index contributed by atoms with van der Waals surface area (Å²) in [5.41, 5.74) is 21.1. The molecule has 284 valence electrons. The van der Waals surface area contributed by atoms with Crippen molar-refractivity contribution in [3.05, 3.63) is 119 Å². The van der Waals surface area contributed by atoms with Crippen LogP contribution in [0.2, 0.25) is 0 Å². The number of benzene rings is 2. The highest BCUT2D eigenvalue weighted by Gasteiger charge is 2.43. The summed E-state index contributed by atoms with van der Waals surface area (Å²) in [6.07, 6.45) is -2.01. The lowest BCUT2D eigenvalue weighted by atomic mass is 9.97. The number of pyridine rings is 2. The van der Waals surface area contributed by atoms with E-state index < -0.39 is 11.9 Å².